The third kappa shape index (κ3) is 7.20. The SMILES string of the molecule is Cc1cc(C(=O)N(C)C)cc(C)c1/C=C/S(=O)(=O)N1CCC2(CC1)N=C(C1CCC(CCC(F)(F)F)CC1)NC2=O. The molecule has 0 atom stereocenters. The quantitative estimate of drug-likeness (QED) is 0.488. The summed E-state index contributed by atoms with van der Waals surface area (Å²) in [7, 11) is -0.408. The van der Waals surface area contributed by atoms with Gasteiger partial charge < -0.3 is 10.2 Å². The largest absolute Gasteiger partial charge is 0.389 e. The van der Waals surface area contributed by atoms with E-state index in [1.807, 2.05) is 13.8 Å². The molecule has 41 heavy (non-hydrogen) atoms. The molecule has 1 aliphatic carbocycles. The molecule has 2 fully saturated rings. The zero-order valence-electron chi connectivity index (χ0n) is 24.1. The molecule has 1 aromatic rings. The smallest absolute Gasteiger partial charge is 0.345 e. The van der Waals surface area contributed by atoms with E-state index in [0.717, 1.165) is 16.7 Å². The van der Waals surface area contributed by atoms with Crippen LogP contribution in [0.15, 0.2) is 22.5 Å². The molecular weight excluding hydrogens is 557 g/mol. The van der Waals surface area contributed by atoms with Crippen LogP contribution in [0, 0.1) is 25.7 Å². The summed E-state index contributed by atoms with van der Waals surface area (Å²) in [5, 5.41) is 4.08. The van der Waals surface area contributed by atoms with E-state index in [9.17, 15) is 31.2 Å². The van der Waals surface area contributed by atoms with E-state index in [0.29, 0.717) is 37.1 Å². The van der Waals surface area contributed by atoms with Crippen LogP contribution < -0.4 is 5.32 Å². The van der Waals surface area contributed by atoms with Gasteiger partial charge in [0.1, 0.15) is 11.4 Å². The summed E-state index contributed by atoms with van der Waals surface area (Å²) >= 11 is 0. The van der Waals surface area contributed by atoms with Gasteiger partial charge in [-0.05, 0) is 99.6 Å². The Bertz CT molecular complexity index is 1310. The second kappa shape index (κ2) is 11.9. The number of nitrogens with one attached hydrogen (secondary N) is 1. The Morgan fingerprint density at radius 1 is 1.12 bits per heavy atom. The zero-order valence-corrected chi connectivity index (χ0v) is 24.9. The molecule has 12 heteroatoms. The van der Waals surface area contributed by atoms with Crippen LogP contribution in [-0.2, 0) is 14.8 Å². The van der Waals surface area contributed by atoms with Crippen LogP contribution in [0.3, 0.4) is 0 Å². The summed E-state index contributed by atoms with van der Waals surface area (Å²) in [6.45, 7) is 3.96. The zero-order chi connectivity index (χ0) is 30.2. The molecule has 226 valence electrons. The molecule has 0 radical (unpaired) electrons. The van der Waals surface area contributed by atoms with Gasteiger partial charge in [-0.2, -0.15) is 17.5 Å². The van der Waals surface area contributed by atoms with Gasteiger partial charge in [0.25, 0.3) is 11.8 Å². The Morgan fingerprint density at radius 3 is 2.24 bits per heavy atom. The van der Waals surface area contributed by atoms with Crippen molar-refractivity contribution in [3.05, 3.63) is 39.8 Å². The average molecular weight is 597 g/mol. The fourth-order valence-electron chi connectivity index (χ4n) is 6.14. The van der Waals surface area contributed by atoms with Gasteiger partial charge in [-0.1, -0.05) is 0 Å². The third-order valence-electron chi connectivity index (χ3n) is 8.63. The highest BCUT2D eigenvalue weighted by Crippen LogP contribution is 2.38. The fourth-order valence-corrected chi connectivity index (χ4v) is 7.31. The number of aliphatic imine (C=N–C) groups is 1. The number of hydrogen-bond acceptors (Lipinski definition) is 5. The number of halogens is 3. The molecule has 1 aromatic carbocycles. The molecule has 0 unspecified atom stereocenters. The van der Waals surface area contributed by atoms with Crippen molar-refractivity contribution in [3.63, 3.8) is 0 Å². The van der Waals surface area contributed by atoms with Crippen LogP contribution >= 0.6 is 0 Å². The first kappa shape index (κ1) is 31.2. The van der Waals surface area contributed by atoms with Crippen LogP contribution in [-0.4, -0.2) is 74.2 Å². The minimum Gasteiger partial charge on any atom is -0.345 e. The highest BCUT2D eigenvalue weighted by molar-refractivity contribution is 7.92. The van der Waals surface area contributed by atoms with Gasteiger partial charge in [0, 0.05) is 50.5 Å². The summed E-state index contributed by atoms with van der Waals surface area (Å²) in [6, 6.07) is 3.49. The van der Waals surface area contributed by atoms with Crippen molar-refractivity contribution in [3.8, 4) is 0 Å². The normalized spacial score (nSPS) is 23.6. The van der Waals surface area contributed by atoms with Crippen molar-refractivity contribution in [2.24, 2.45) is 16.8 Å². The Hall–Kier alpha value is -2.73. The number of carbonyl (C=O) groups is 2. The molecule has 8 nitrogen and oxygen atoms in total. The van der Waals surface area contributed by atoms with Gasteiger partial charge in [-0.15, -0.1) is 0 Å². The summed E-state index contributed by atoms with van der Waals surface area (Å²) in [4.78, 5) is 31.6. The second-order valence-corrected chi connectivity index (χ2v) is 13.6. The third-order valence-corrected chi connectivity index (χ3v) is 10.2. The van der Waals surface area contributed by atoms with Crippen LogP contribution in [0.25, 0.3) is 6.08 Å². The number of alkyl halides is 3. The lowest BCUT2D eigenvalue weighted by molar-refractivity contribution is -0.138. The summed E-state index contributed by atoms with van der Waals surface area (Å²) in [6.07, 6.45) is 0.0337. The lowest BCUT2D eigenvalue weighted by Gasteiger charge is -2.34. The minimum atomic E-state index is -4.14. The van der Waals surface area contributed by atoms with Crippen molar-refractivity contribution >= 4 is 33.7 Å². The Morgan fingerprint density at radius 2 is 1.71 bits per heavy atom. The van der Waals surface area contributed by atoms with Crippen molar-refractivity contribution in [2.75, 3.05) is 27.2 Å². The van der Waals surface area contributed by atoms with Crippen LogP contribution in [0.2, 0.25) is 0 Å². The maximum Gasteiger partial charge on any atom is 0.389 e. The number of sulfonamides is 1. The van der Waals surface area contributed by atoms with Gasteiger partial charge in [-0.3, -0.25) is 14.6 Å². The first-order valence-electron chi connectivity index (χ1n) is 14.1. The van der Waals surface area contributed by atoms with E-state index in [2.05, 4.69) is 5.32 Å². The number of hydrogen-bond donors (Lipinski definition) is 1. The molecule has 1 saturated carbocycles. The van der Waals surface area contributed by atoms with Crippen molar-refractivity contribution in [1.82, 2.24) is 14.5 Å². The second-order valence-electron chi connectivity index (χ2n) is 11.8. The lowest BCUT2D eigenvalue weighted by Crippen LogP contribution is -2.50. The summed E-state index contributed by atoms with van der Waals surface area (Å²) in [5.74, 6) is 0.292. The monoisotopic (exact) mass is 596 g/mol. The predicted molar refractivity (Wildman–Crippen MR) is 152 cm³/mol. The number of amidine groups is 1. The number of aryl methyl sites for hydroxylation is 2. The van der Waals surface area contributed by atoms with Gasteiger partial charge >= 0.3 is 6.18 Å². The molecular formula is C29H39F3N4O4S. The topological polar surface area (TPSA) is 99.2 Å². The molecule has 1 saturated heterocycles. The Kier molecular flexibility index (Phi) is 9.04. The summed E-state index contributed by atoms with van der Waals surface area (Å²) in [5.41, 5.74) is 1.85. The van der Waals surface area contributed by atoms with Crippen LogP contribution in [0.4, 0.5) is 13.2 Å². The first-order chi connectivity index (χ1) is 19.1. The summed E-state index contributed by atoms with van der Waals surface area (Å²) < 4.78 is 65.4. The van der Waals surface area contributed by atoms with Gasteiger partial charge in [0.05, 0.1) is 0 Å². The highest BCUT2D eigenvalue weighted by Gasteiger charge is 2.48. The fraction of sp³-hybridized carbons (Fsp3) is 0.621. The lowest BCUT2D eigenvalue weighted by atomic mass is 9.79. The molecule has 2 aliphatic heterocycles. The van der Waals surface area contributed by atoms with E-state index in [1.165, 1.54) is 14.6 Å². The molecule has 2 heterocycles. The number of benzene rings is 1. The van der Waals surface area contributed by atoms with Gasteiger partial charge in [0.2, 0.25) is 10.0 Å². The van der Waals surface area contributed by atoms with Crippen molar-refractivity contribution < 1.29 is 31.2 Å². The maximum atomic E-state index is 13.2. The molecule has 0 bridgehead atoms. The van der Waals surface area contributed by atoms with E-state index >= 15 is 0 Å². The number of rotatable bonds is 7. The molecule has 2 amide bonds. The molecule has 4 rings (SSSR count). The molecule has 1 spiro atoms. The van der Waals surface area contributed by atoms with Gasteiger partial charge in [0.15, 0.2) is 0 Å². The Labute approximate surface area is 240 Å². The van der Waals surface area contributed by atoms with E-state index < -0.39 is 28.2 Å². The average Bonchev–Trinajstić information content (AvgIpc) is 3.21. The van der Waals surface area contributed by atoms with Gasteiger partial charge in [-0.25, -0.2) is 8.42 Å². The number of amides is 2. The number of nitrogens with zero attached hydrogens (tertiary/aromatic N) is 3. The first-order valence-corrected chi connectivity index (χ1v) is 15.6. The predicted octanol–water partition coefficient (Wildman–Crippen LogP) is 4.82. The minimum absolute atomic E-state index is 0.0102. The van der Waals surface area contributed by atoms with E-state index in [-0.39, 0.29) is 56.0 Å². The molecule has 1 N–H and O–H groups in total. The molecule has 3 aliphatic rings. The number of piperidine rings is 1. The van der Waals surface area contributed by atoms with Crippen LogP contribution in [0.1, 0.15) is 78.4 Å². The van der Waals surface area contributed by atoms with Crippen molar-refractivity contribution in [1.29, 1.82) is 0 Å². The van der Waals surface area contributed by atoms with E-state index in [1.54, 1.807) is 32.3 Å². The highest BCUT2D eigenvalue weighted by atomic mass is 32.2. The van der Waals surface area contributed by atoms with E-state index in [4.69, 9.17) is 4.99 Å². The standard InChI is InChI=1S/C29H39F3N4O4S/c1-19-17-23(26(37)35(3)4)18-20(2)24(19)10-16-41(39,40)36-14-12-28(13-15-36)27(38)33-25(34-28)22-7-5-21(6-8-22)9-11-29(30,31)32/h10,16-18,21-22H,5-9,11-15H2,1-4H3,(H,33,34,38)/b16-10+. The van der Waals surface area contributed by atoms with Crippen molar-refractivity contribution in [2.45, 2.75) is 76.9 Å². The number of carbonyl (C=O) groups excluding carboxylic acids is 2. The Balaban J connectivity index is 1.37. The maximum absolute atomic E-state index is 13.2. The van der Waals surface area contributed by atoms with Crippen LogP contribution in [0.5, 0.6) is 0 Å². The molecule has 0 aromatic heterocycles.